The molecule has 0 saturated heterocycles. The molecule has 82 valence electrons. The van der Waals surface area contributed by atoms with Gasteiger partial charge >= 0.3 is 0 Å². The van der Waals surface area contributed by atoms with Crippen LogP contribution < -0.4 is 0 Å². The van der Waals surface area contributed by atoms with Crippen LogP contribution in [-0.4, -0.2) is 15.3 Å². The van der Waals surface area contributed by atoms with Crippen molar-refractivity contribution in [1.29, 1.82) is 0 Å². The maximum absolute atomic E-state index is 9.83. The summed E-state index contributed by atoms with van der Waals surface area (Å²) in [6.07, 6.45) is 4.42. The molecule has 0 saturated carbocycles. The number of hydrogen-bond donors (Lipinski definition) is 1. The molecule has 1 heterocycles. The summed E-state index contributed by atoms with van der Waals surface area (Å²) in [7, 11) is 0. The Morgan fingerprint density at radius 3 is 2.40 bits per heavy atom. The van der Waals surface area contributed by atoms with Gasteiger partial charge in [0, 0.05) is 5.56 Å². The number of hydrogen-bond acceptors (Lipinski definition) is 3. The van der Waals surface area contributed by atoms with Crippen LogP contribution in [0.4, 0.5) is 0 Å². The van der Waals surface area contributed by atoms with Crippen molar-refractivity contribution in [2.24, 2.45) is 0 Å². The molecular formula is C12H18N2O. The number of nitrogens with zero attached hydrogens (tertiary/aromatic N) is 2. The van der Waals surface area contributed by atoms with E-state index < -0.39 is 0 Å². The van der Waals surface area contributed by atoms with Crippen molar-refractivity contribution >= 4 is 0 Å². The van der Waals surface area contributed by atoms with Crippen LogP contribution >= 0.6 is 0 Å². The lowest BCUT2D eigenvalue weighted by Crippen LogP contribution is -2.20. The highest BCUT2D eigenvalue weighted by Crippen LogP contribution is 2.35. The Kier molecular flexibility index (Phi) is 2.41. The summed E-state index contributed by atoms with van der Waals surface area (Å²) < 4.78 is 0. The molecule has 1 aromatic heterocycles. The molecule has 1 aliphatic rings. The van der Waals surface area contributed by atoms with E-state index in [0.29, 0.717) is 0 Å². The zero-order valence-electron chi connectivity index (χ0n) is 9.67. The van der Waals surface area contributed by atoms with Crippen molar-refractivity contribution in [2.45, 2.75) is 51.9 Å². The molecule has 0 bridgehead atoms. The minimum absolute atomic E-state index is 0.0541. The number of aryl methyl sites for hydroxylation is 1. The van der Waals surface area contributed by atoms with E-state index in [0.717, 1.165) is 24.1 Å². The van der Waals surface area contributed by atoms with Gasteiger partial charge in [-0.05, 0) is 36.7 Å². The third kappa shape index (κ3) is 1.83. The first-order valence-corrected chi connectivity index (χ1v) is 5.58. The summed E-state index contributed by atoms with van der Waals surface area (Å²) in [5.41, 5.74) is 3.26. The van der Waals surface area contributed by atoms with Crippen LogP contribution in [0.25, 0.3) is 0 Å². The van der Waals surface area contributed by atoms with E-state index in [1.54, 1.807) is 0 Å². The minimum Gasteiger partial charge on any atom is -0.492 e. The Labute approximate surface area is 90.5 Å². The second-order valence-corrected chi connectivity index (χ2v) is 5.28. The molecule has 2 rings (SSSR count). The van der Waals surface area contributed by atoms with Crippen LogP contribution in [0.15, 0.2) is 0 Å². The molecular weight excluding hydrogens is 188 g/mol. The van der Waals surface area contributed by atoms with Gasteiger partial charge in [-0.15, -0.1) is 5.10 Å². The molecule has 1 aromatic rings. The Balaban J connectivity index is 2.60. The Morgan fingerprint density at radius 2 is 1.73 bits per heavy atom. The first-order chi connectivity index (χ1) is 7.00. The molecule has 0 fully saturated rings. The molecule has 1 N–H and O–H groups in total. The highest BCUT2D eigenvalue weighted by molar-refractivity contribution is 5.42. The fraction of sp³-hybridized carbons (Fsp3) is 0.667. The van der Waals surface area contributed by atoms with Gasteiger partial charge in [-0.1, -0.05) is 20.8 Å². The molecule has 0 atom stereocenters. The van der Waals surface area contributed by atoms with Gasteiger partial charge in [0.15, 0.2) is 0 Å². The molecule has 0 aromatic carbocycles. The standard InChI is InChI=1S/C12H18N2O/c1-12(2,3)10-8-6-4-5-7-9(8)13-14-11(10)15/h4-7H2,1-3H3,(H,14,15). The average molecular weight is 206 g/mol. The second-order valence-electron chi connectivity index (χ2n) is 5.28. The summed E-state index contributed by atoms with van der Waals surface area (Å²) in [6.45, 7) is 6.33. The fourth-order valence-electron chi connectivity index (χ4n) is 2.35. The predicted octanol–water partition coefficient (Wildman–Crippen LogP) is 2.36. The van der Waals surface area contributed by atoms with E-state index in [1.165, 1.54) is 18.4 Å². The Bertz CT molecular complexity index is 380. The summed E-state index contributed by atoms with van der Waals surface area (Å²) >= 11 is 0. The van der Waals surface area contributed by atoms with E-state index in [2.05, 4.69) is 31.0 Å². The predicted molar refractivity (Wildman–Crippen MR) is 59.0 cm³/mol. The number of aromatic nitrogens is 2. The smallest absolute Gasteiger partial charge is 0.235 e. The zero-order chi connectivity index (χ0) is 11.1. The molecule has 3 nitrogen and oxygen atoms in total. The molecule has 0 spiro atoms. The largest absolute Gasteiger partial charge is 0.492 e. The molecule has 0 amide bonds. The molecule has 0 unspecified atom stereocenters. The van der Waals surface area contributed by atoms with Crippen LogP contribution in [0.2, 0.25) is 0 Å². The number of aromatic hydroxyl groups is 1. The molecule has 15 heavy (non-hydrogen) atoms. The summed E-state index contributed by atoms with van der Waals surface area (Å²) in [4.78, 5) is 0. The highest BCUT2D eigenvalue weighted by atomic mass is 16.3. The van der Waals surface area contributed by atoms with Gasteiger partial charge < -0.3 is 5.11 Å². The summed E-state index contributed by atoms with van der Waals surface area (Å²) in [5, 5.41) is 17.8. The Hall–Kier alpha value is -1.12. The van der Waals surface area contributed by atoms with E-state index >= 15 is 0 Å². The first kappa shape index (κ1) is 10.4. The third-order valence-electron chi connectivity index (χ3n) is 2.98. The van der Waals surface area contributed by atoms with Crippen LogP contribution in [0, 0.1) is 0 Å². The van der Waals surface area contributed by atoms with Crippen LogP contribution in [0.3, 0.4) is 0 Å². The van der Waals surface area contributed by atoms with Gasteiger partial charge in [0.25, 0.3) is 0 Å². The van der Waals surface area contributed by atoms with E-state index in [9.17, 15) is 5.11 Å². The second kappa shape index (κ2) is 3.47. The lowest BCUT2D eigenvalue weighted by molar-refractivity contribution is 0.410. The number of fused-ring (bicyclic) bond motifs is 1. The topological polar surface area (TPSA) is 46.0 Å². The van der Waals surface area contributed by atoms with Crippen molar-refractivity contribution in [3.05, 3.63) is 16.8 Å². The third-order valence-corrected chi connectivity index (χ3v) is 2.98. The van der Waals surface area contributed by atoms with Gasteiger partial charge in [-0.3, -0.25) is 0 Å². The minimum atomic E-state index is -0.0541. The van der Waals surface area contributed by atoms with Crippen molar-refractivity contribution < 1.29 is 5.11 Å². The van der Waals surface area contributed by atoms with Crippen molar-refractivity contribution in [2.75, 3.05) is 0 Å². The van der Waals surface area contributed by atoms with E-state index in [-0.39, 0.29) is 11.3 Å². The molecule has 0 aliphatic heterocycles. The first-order valence-electron chi connectivity index (χ1n) is 5.58. The highest BCUT2D eigenvalue weighted by Gasteiger charge is 2.27. The monoisotopic (exact) mass is 206 g/mol. The van der Waals surface area contributed by atoms with Crippen LogP contribution in [-0.2, 0) is 18.3 Å². The van der Waals surface area contributed by atoms with Crippen LogP contribution in [0.5, 0.6) is 5.88 Å². The average Bonchev–Trinajstić information content (AvgIpc) is 2.15. The van der Waals surface area contributed by atoms with E-state index in [4.69, 9.17) is 0 Å². The SMILES string of the molecule is CC(C)(C)c1c(O)nnc2c1CCCC2. The molecule has 0 radical (unpaired) electrons. The van der Waals surface area contributed by atoms with Crippen molar-refractivity contribution in [3.8, 4) is 5.88 Å². The van der Waals surface area contributed by atoms with Crippen molar-refractivity contribution in [1.82, 2.24) is 10.2 Å². The van der Waals surface area contributed by atoms with Gasteiger partial charge in [-0.2, -0.15) is 5.10 Å². The summed E-state index contributed by atoms with van der Waals surface area (Å²) in [5.74, 6) is 0.114. The van der Waals surface area contributed by atoms with Crippen LogP contribution in [0.1, 0.15) is 50.4 Å². The summed E-state index contributed by atoms with van der Waals surface area (Å²) in [6, 6.07) is 0. The van der Waals surface area contributed by atoms with E-state index in [1.807, 2.05) is 0 Å². The normalized spacial score (nSPS) is 16.2. The van der Waals surface area contributed by atoms with Gasteiger partial charge in [0.1, 0.15) is 0 Å². The Morgan fingerprint density at radius 1 is 1.07 bits per heavy atom. The lowest BCUT2D eigenvalue weighted by atomic mass is 9.80. The zero-order valence-corrected chi connectivity index (χ0v) is 9.67. The lowest BCUT2D eigenvalue weighted by Gasteiger charge is -2.26. The quantitative estimate of drug-likeness (QED) is 0.708. The van der Waals surface area contributed by atoms with Gasteiger partial charge in [0.05, 0.1) is 5.69 Å². The molecule has 3 heteroatoms. The number of rotatable bonds is 0. The maximum Gasteiger partial charge on any atom is 0.235 e. The van der Waals surface area contributed by atoms with Gasteiger partial charge in [0.2, 0.25) is 5.88 Å². The molecule has 1 aliphatic carbocycles. The van der Waals surface area contributed by atoms with Gasteiger partial charge in [-0.25, -0.2) is 0 Å². The van der Waals surface area contributed by atoms with Crippen molar-refractivity contribution in [3.63, 3.8) is 0 Å². The maximum atomic E-state index is 9.83. The fourth-order valence-corrected chi connectivity index (χ4v) is 2.35.